The fourth-order valence-electron chi connectivity index (χ4n) is 3.71. The van der Waals surface area contributed by atoms with E-state index in [1.807, 2.05) is 12.3 Å². The summed E-state index contributed by atoms with van der Waals surface area (Å²) in [6.45, 7) is 4.45. The van der Waals surface area contributed by atoms with E-state index in [4.69, 9.17) is 9.72 Å². The van der Waals surface area contributed by atoms with Crippen molar-refractivity contribution in [3.63, 3.8) is 0 Å². The van der Waals surface area contributed by atoms with E-state index in [9.17, 15) is 0 Å². The second-order valence-corrected chi connectivity index (χ2v) is 6.81. The predicted octanol–water partition coefficient (Wildman–Crippen LogP) is 2.74. The van der Waals surface area contributed by atoms with Crippen molar-refractivity contribution in [2.24, 2.45) is 7.05 Å². The van der Waals surface area contributed by atoms with E-state index in [1.54, 1.807) is 6.20 Å². The molecular weight excluding hydrogens is 328 g/mol. The molecule has 0 aliphatic carbocycles. The van der Waals surface area contributed by atoms with Gasteiger partial charge in [-0.2, -0.15) is 5.10 Å². The number of aromatic nitrogens is 5. The SMILES string of the molecule is C[C@@H]1COCCN1c1nc(-c2nncc3[nH]ccc23)cc2c1ccn2C. The molecule has 1 fully saturated rings. The van der Waals surface area contributed by atoms with Gasteiger partial charge in [-0.05, 0) is 25.1 Å². The molecule has 26 heavy (non-hydrogen) atoms. The molecule has 4 aromatic heterocycles. The molecule has 0 aromatic carbocycles. The highest BCUT2D eigenvalue weighted by Crippen LogP contribution is 2.33. The molecule has 1 N–H and O–H groups in total. The van der Waals surface area contributed by atoms with E-state index >= 15 is 0 Å². The molecule has 5 rings (SSSR count). The average Bonchev–Trinajstić information content (AvgIpc) is 3.28. The number of nitrogens with zero attached hydrogens (tertiary/aromatic N) is 5. The minimum absolute atomic E-state index is 0.282. The first kappa shape index (κ1) is 15.3. The van der Waals surface area contributed by atoms with E-state index in [0.29, 0.717) is 6.61 Å². The number of pyridine rings is 1. The first-order valence-corrected chi connectivity index (χ1v) is 8.82. The molecule has 1 aliphatic heterocycles. The van der Waals surface area contributed by atoms with Gasteiger partial charge < -0.3 is 19.2 Å². The first-order valence-electron chi connectivity index (χ1n) is 8.82. The molecular formula is C19H20N6O. The smallest absolute Gasteiger partial charge is 0.139 e. The molecule has 0 radical (unpaired) electrons. The number of morpholine rings is 1. The van der Waals surface area contributed by atoms with Crippen LogP contribution in [0, 0.1) is 0 Å². The Bertz CT molecular complexity index is 1100. The van der Waals surface area contributed by atoms with Crippen molar-refractivity contribution < 1.29 is 4.74 Å². The number of aromatic amines is 1. The van der Waals surface area contributed by atoms with Gasteiger partial charge in [0.25, 0.3) is 0 Å². The maximum Gasteiger partial charge on any atom is 0.139 e. The monoisotopic (exact) mass is 348 g/mol. The van der Waals surface area contributed by atoms with E-state index < -0.39 is 0 Å². The fraction of sp³-hybridized carbons (Fsp3) is 0.316. The zero-order valence-corrected chi connectivity index (χ0v) is 14.8. The Morgan fingerprint density at radius 1 is 1.27 bits per heavy atom. The van der Waals surface area contributed by atoms with E-state index in [1.165, 1.54) is 0 Å². The number of rotatable bonds is 2. The lowest BCUT2D eigenvalue weighted by Crippen LogP contribution is -2.44. The van der Waals surface area contributed by atoms with Gasteiger partial charge in [0.2, 0.25) is 0 Å². The Kier molecular flexibility index (Phi) is 3.43. The van der Waals surface area contributed by atoms with Crippen LogP contribution in [0.25, 0.3) is 33.2 Å². The Hall–Kier alpha value is -2.93. The second-order valence-electron chi connectivity index (χ2n) is 6.81. The third-order valence-electron chi connectivity index (χ3n) is 5.12. The maximum atomic E-state index is 5.61. The van der Waals surface area contributed by atoms with Crippen LogP contribution < -0.4 is 4.90 Å². The largest absolute Gasteiger partial charge is 0.377 e. The molecule has 1 aliphatic rings. The van der Waals surface area contributed by atoms with Crippen LogP contribution >= 0.6 is 0 Å². The molecule has 132 valence electrons. The van der Waals surface area contributed by atoms with Crippen molar-refractivity contribution >= 4 is 27.6 Å². The Morgan fingerprint density at radius 3 is 3.08 bits per heavy atom. The topological polar surface area (TPSA) is 71.9 Å². The molecule has 0 bridgehead atoms. The normalized spacial score (nSPS) is 18.1. The summed E-state index contributed by atoms with van der Waals surface area (Å²) in [5, 5.41) is 10.7. The third-order valence-corrected chi connectivity index (χ3v) is 5.12. The Balaban J connectivity index is 1.76. The highest BCUT2D eigenvalue weighted by molar-refractivity contribution is 5.97. The summed E-state index contributed by atoms with van der Waals surface area (Å²) in [5.74, 6) is 0.989. The van der Waals surface area contributed by atoms with Crippen LogP contribution in [-0.4, -0.2) is 50.5 Å². The molecule has 7 nitrogen and oxygen atoms in total. The minimum atomic E-state index is 0.282. The lowest BCUT2D eigenvalue weighted by Gasteiger charge is -2.34. The zero-order chi connectivity index (χ0) is 17.7. The minimum Gasteiger partial charge on any atom is -0.377 e. The second kappa shape index (κ2) is 5.81. The number of fused-ring (bicyclic) bond motifs is 2. The Morgan fingerprint density at radius 2 is 2.19 bits per heavy atom. The van der Waals surface area contributed by atoms with E-state index in [0.717, 1.165) is 52.2 Å². The van der Waals surface area contributed by atoms with Crippen molar-refractivity contribution in [1.82, 2.24) is 24.7 Å². The van der Waals surface area contributed by atoms with Gasteiger partial charge in [0.1, 0.15) is 11.5 Å². The van der Waals surface area contributed by atoms with Crippen molar-refractivity contribution in [3.8, 4) is 11.4 Å². The van der Waals surface area contributed by atoms with Gasteiger partial charge >= 0.3 is 0 Å². The number of H-pyrrole nitrogens is 1. The molecule has 4 aromatic rings. The number of anilines is 1. The Labute approximate surface area is 150 Å². The molecule has 5 heterocycles. The fourth-order valence-corrected chi connectivity index (χ4v) is 3.71. The zero-order valence-electron chi connectivity index (χ0n) is 14.8. The van der Waals surface area contributed by atoms with E-state index in [-0.39, 0.29) is 6.04 Å². The summed E-state index contributed by atoms with van der Waals surface area (Å²) in [6, 6.07) is 6.53. The standard InChI is InChI=1S/C19H20N6O/c1-12-11-26-8-7-25(12)19-14-4-6-24(2)17(14)9-15(22-19)18-13-3-5-20-16(13)10-21-23-18/h3-6,9-10,12,20H,7-8,11H2,1-2H3/t12-/m1/s1. The molecule has 0 amide bonds. The summed E-state index contributed by atoms with van der Waals surface area (Å²) >= 11 is 0. The molecule has 1 saturated heterocycles. The number of aryl methyl sites for hydroxylation is 1. The highest BCUT2D eigenvalue weighted by atomic mass is 16.5. The van der Waals surface area contributed by atoms with Gasteiger partial charge in [0.15, 0.2) is 0 Å². The van der Waals surface area contributed by atoms with Gasteiger partial charge in [0.05, 0.1) is 42.2 Å². The van der Waals surface area contributed by atoms with Crippen LogP contribution in [0.4, 0.5) is 5.82 Å². The van der Waals surface area contributed by atoms with Crippen LogP contribution in [-0.2, 0) is 11.8 Å². The lowest BCUT2D eigenvalue weighted by atomic mass is 10.1. The first-order chi connectivity index (χ1) is 12.7. The van der Waals surface area contributed by atoms with E-state index in [2.05, 4.69) is 56.9 Å². The third kappa shape index (κ3) is 2.28. The molecule has 0 spiro atoms. The summed E-state index contributed by atoms with van der Waals surface area (Å²) in [6.07, 6.45) is 5.72. The number of hydrogen-bond donors (Lipinski definition) is 1. The quantitative estimate of drug-likeness (QED) is 0.603. The number of hydrogen-bond acceptors (Lipinski definition) is 5. The number of nitrogens with one attached hydrogen (secondary N) is 1. The van der Waals surface area contributed by atoms with Gasteiger partial charge in [0, 0.05) is 36.8 Å². The van der Waals surface area contributed by atoms with Crippen molar-refractivity contribution in [2.45, 2.75) is 13.0 Å². The van der Waals surface area contributed by atoms with Crippen molar-refractivity contribution in [2.75, 3.05) is 24.7 Å². The van der Waals surface area contributed by atoms with Crippen LogP contribution in [0.5, 0.6) is 0 Å². The van der Waals surface area contributed by atoms with Crippen molar-refractivity contribution in [1.29, 1.82) is 0 Å². The highest BCUT2D eigenvalue weighted by Gasteiger charge is 2.24. The average molecular weight is 348 g/mol. The van der Waals surface area contributed by atoms with Crippen LogP contribution in [0.1, 0.15) is 6.92 Å². The summed E-state index contributed by atoms with van der Waals surface area (Å²) in [5.41, 5.74) is 3.74. The molecule has 1 atom stereocenters. The number of ether oxygens (including phenoxy) is 1. The van der Waals surface area contributed by atoms with Gasteiger partial charge in [-0.25, -0.2) is 4.98 Å². The van der Waals surface area contributed by atoms with Crippen molar-refractivity contribution in [3.05, 3.63) is 36.8 Å². The maximum absolute atomic E-state index is 5.61. The van der Waals surface area contributed by atoms with Crippen LogP contribution in [0.2, 0.25) is 0 Å². The predicted molar refractivity (Wildman–Crippen MR) is 101 cm³/mol. The van der Waals surface area contributed by atoms with Gasteiger partial charge in [-0.15, -0.1) is 5.10 Å². The van der Waals surface area contributed by atoms with Gasteiger partial charge in [-0.1, -0.05) is 0 Å². The summed E-state index contributed by atoms with van der Waals surface area (Å²) in [4.78, 5) is 10.6. The summed E-state index contributed by atoms with van der Waals surface area (Å²) in [7, 11) is 2.06. The van der Waals surface area contributed by atoms with Crippen LogP contribution in [0.15, 0.2) is 36.8 Å². The molecule has 0 saturated carbocycles. The lowest BCUT2D eigenvalue weighted by molar-refractivity contribution is 0.0987. The van der Waals surface area contributed by atoms with Crippen LogP contribution in [0.3, 0.4) is 0 Å². The van der Waals surface area contributed by atoms with Gasteiger partial charge in [-0.3, -0.25) is 0 Å². The summed E-state index contributed by atoms with van der Waals surface area (Å²) < 4.78 is 7.74. The molecule has 0 unspecified atom stereocenters. The molecule has 7 heteroatoms.